The molecule has 3 aromatic carbocycles. The first kappa shape index (κ1) is 22.9. The zero-order chi connectivity index (χ0) is 22.8. The summed E-state index contributed by atoms with van der Waals surface area (Å²) in [5.74, 6) is 0.0739. The number of carbonyl (C=O) groups is 1. The summed E-state index contributed by atoms with van der Waals surface area (Å²) in [4.78, 5) is 21.5. The fourth-order valence-electron chi connectivity index (χ4n) is 3.22. The lowest BCUT2D eigenvalue weighted by molar-refractivity contribution is -0.119. The van der Waals surface area contributed by atoms with Crippen LogP contribution in [0.3, 0.4) is 0 Å². The molecule has 0 saturated heterocycles. The van der Waals surface area contributed by atoms with Gasteiger partial charge in [0, 0.05) is 19.2 Å². The third kappa shape index (κ3) is 6.62. The predicted molar refractivity (Wildman–Crippen MR) is 130 cm³/mol. The fourth-order valence-corrected chi connectivity index (χ4v) is 3.22. The van der Waals surface area contributed by atoms with Crippen LogP contribution in [-0.4, -0.2) is 29.6 Å². The van der Waals surface area contributed by atoms with E-state index < -0.39 is 6.10 Å². The number of aliphatic hydroxyl groups excluding tert-OH is 1. The number of aryl methyl sites for hydroxylation is 1. The molecule has 0 radical (unpaired) electrons. The van der Waals surface area contributed by atoms with E-state index in [4.69, 9.17) is 5.73 Å². The number of carbonyl (C=O) groups excluding carboxylic acids is 1. The van der Waals surface area contributed by atoms with Crippen molar-refractivity contribution < 1.29 is 9.90 Å². The number of hydrogen-bond donors (Lipinski definition) is 3. The molecule has 0 fully saturated rings. The van der Waals surface area contributed by atoms with Crippen molar-refractivity contribution >= 4 is 23.1 Å². The SMILES string of the molecule is CN=C(NC(=O)CCc1ccccc1)C(=NCc1ccc(N)cc1)C(O)c1ccccc1. The topological polar surface area (TPSA) is 100 Å². The molecule has 0 aromatic heterocycles. The Bertz CT molecular complexity index is 1060. The molecule has 164 valence electrons. The number of nitrogens with one attached hydrogen (secondary N) is 1. The lowest BCUT2D eigenvalue weighted by Gasteiger charge is -2.17. The molecule has 0 aliphatic rings. The first-order valence-electron chi connectivity index (χ1n) is 10.5. The highest BCUT2D eigenvalue weighted by Crippen LogP contribution is 2.17. The largest absolute Gasteiger partial charge is 0.399 e. The number of nitrogens with two attached hydrogens (primary N) is 1. The van der Waals surface area contributed by atoms with Crippen LogP contribution in [0.1, 0.15) is 29.2 Å². The summed E-state index contributed by atoms with van der Waals surface area (Å²) < 4.78 is 0. The van der Waals surface area contributed by atoms with Gasteiger partial charge in [-0.05, 0) is 35.2 Å². The third-order valence-corrected chi connectivity index (χ3v) is 4.99. The van der Waals surface area contributed by atoms with Gasteiger partial charge in [-0.3, -0.25) is 14.8 Å². The third-order valence-electron chi connectivity index (χ3n) is 4.99. The number of anilines is 1. The highest BCUT2D eigenvalue weighted by Gasteiger charge is 2.22. The molecule has 0 heterocycles. The van der Waals surface area contributed by atoms with Gasteiger partial charge in [0.1, 0.15) is 11.8 Å². The molecule has 6 heteroatoms. The molecule has 3 rings (SSSR count). The Hall–Kier alpha value is -3.77. The minimum Gasteiger partial charge on any atom is -0.399 e. The molecule has 1 atom stereocenters. The summed E-state index contributed by atoms with van der Waals surface area (Å²) in [6.45, 7) is 0.318. The summed E-state index contributed by atoms with van der Waals surface area (Å²) in [7, 11) is 1.57. The average Bonchev–Trinajstić information content (AvgIpc) is 2.84. The molecular formula is C26H28N4O2. The number of hydrogen-bond acceptors (Lipinski definition) is 5. The van der Waals surface area contributed by atoms with Crippen molar-refractivity contribution in [2.45, 2.75) is 25.5 Å². The second kappa shape index (κ2) is 11.6. The molecule has 1 amide bonds. The van der Waals surface area contributed by atoms with Gasteiger partial charge in [0.25, 0.3) is 0 Å². The molecule has 1 unspecified atom stereocenters. The molecule has 0 spiro atoms. The maximum Gasteiger partial charge on any atom is 0.225 e. The van der Waals surface area contributed by atoms with Gasteiger partial charge in [-0.25, -0.2) is 0 Å². The number of benzene rings is 3. The van der Waals surface area contributed by atoms with Crippen LogP contribution in [0, 0.1) is 0 Å². The second-order valence-corrected chi connectivity index (χ2v) is 7.36. The van der Waals surface area contributed by atoms with E-state index in [2.05, 4.69) is 15.3 Å². The summed E-state index contributed by atoms with van der Waals surface area (Å²) in [5, 5.41) is 13.9. The Morgan fingerprint density at radius 2 is 1.56 bits per heavy atom. The molecule has 0 saturated carbocycles. The Kier molecular flexibility index (Phi) is 8.29. The molecule has 4 N–H and O–H groups in total. The second-order valence-electron chi connectivity index (χ2n) is 7.36. The van der Waals surface area contributed by atoms with E-state index in [0.717, 1.165) is 11.1 Å². The standard InChI is InChI=1S/C26H28N4O2/c1-28-26(30-23(31)17-14-19-8-4-2-5-9-19)24(25(32)21-10-6-3-7-11-21)29-18-20-12-15-22(27)16-13-20/h2-13,15-16,25,32H,14,17-18,27H2,1H3,(H,28,30,31). The first-order chi connectivity index (χ1) is 15.6. The van der Waals surface area contributed by atoms with Crippen LogP contribution < -0.4 is 11.1 Å². The van der Waals surface area contributed by atoms with Crippen LogP contribution in [0.2, 0.25) is 0 Å². The van der Waals surface area contributed by atoms with Gasteiger partial charge in [0.15, 0.2) is 5.84 Å². The van der Waals surface area contributed by atoms with Crippen LogP contribution in [0.4, 0.5) is 5.69 Å². The minimum absolute atomic E-state index is 0.185. The maximum atomic E-state index is 12.6. The van der Waals surface area contributed by atoms with Crippen molar-refractivity contribution in [3.8, 4) is 0 Å². The van der Waals surface area contributed by atoms with Crippen LogP contribution in [0.5, 0.6) is 0 Å². The number of aliphatic imine (C=N–C) groups is 2. The monoisotopic (exact) mass is 428 g/mol. The summed E-state index contributed by atoms with van der Waals surface area (Å²) in [6.07, 6.45) is -0.114. The molecule has 0 aliphatic heterocycles. The normalized spacial score (nSPS) is 12.9. The van der Waals surface area contributed by atoms with Crippen LogP contribution >= 0.6 is 0 Å². The molecular weight excluding hydrogens is 400 g/mol. The van der Waals surface area contributed by atoms with Gasteiger partial charge >= 0.3 is 0 Å². The predicted octanol–water partition coefficient (Wildman–Crippen LogP) is 3.72. The van der Waals surface area contributed by atoms with E-state index >= 15 is 0 Å². The molecule has 6 nitrogen and oxygen atoms in total. The Morgan fingerprint density at radius 1 is 0.938 bits per heavy atom. The van der Waals surface area contributed by atoms with Crippen molar-refractivity contribution in [2.75, 3.05) is 12.8 Å². The van der Waals surface area contributed by atoms with Crippen LogP contribution in [-0.2, 0) is 17.8 Å². The van der Waals surface area contributed by atoms with Crippen molar-refractivity contribution in [1.82, 2.24) is 5.32 Å². The van der Waals surface area contributed by atoms with Gasteiger partial charge in [-0.15, -0.1) is 0 Å². The number of amides is 1. The van der Waals surface area contributed by atoms with E-state index in [1.54, 1.807) is 19.2 Å². The lowest BCUT2D eigenvalue weighted by Crippen LogP contribution is -2.39. The zero-order valence-corrected chi connectivity index (χ0v) is 18.1. The van der Waals surface area contributed by atoms with Crippen LogP contribution in [0.15, 0.2) is 94.9 Å². The molecule has 3 aromatic rings. The van der Waals surface area contributed by atoms with Gasteiger partial charge in [0.05, 0.1) is 6.54 Å². The Balaban J connectivity index is 1.78. The molecule has 32 heavy (non-hydrogen) atoms. The van der Waals surface area contributed by atoms with E-state index in [1.165, 1.54) is 0 Å². The number of rotatable bonds is 8. The molecule has 0 bridgehead atoms. The first-order valence-corrected chi connectivity index (χ1v) is 10.5. The van der Waals surface area contributed by atoms with E-state index in [-0.39, 0.29) is 11.7 Å². The number of aliphatic hydroxyl groups is 1. The van der Waals surface area contributed by atoms with Crippen molar-refractivity contribution in [3.63, 3.8) is 0 Å². The van der Waals surface area contributed by atoms with Gasteiger partial charge in [-0.2, -0.15) is 0 Å². The van der Waals surface area contributed by atoms with Crippen molar-refractivity contribution in [3.05, 3.63) is 102 Å². The minimum atomic E-state index is -1.03. The molecule has 0 aliphatic carbocycles. The van der Waals surface area contributed by atoms with E-state index in [9.17, 15) is 9.90 Å². The van der Waals surface area contributed by atoms with E-state index in [1.807, 2.05) is 72.8 Å². The highest BCUT2D eigenvalue weighted by atomic mass is 16.3. The van der Waals surface area contributed by atoms with Gasteiger partial charge in [-0.1, -0.05) is 72.8 Å². The number of nitrogen functional groups attached to an aromatic ring is 1. The maximum absolute atomic E-state index is 12.6. The van der Waals surface area contributed by atoms with Gasteiger partial charge in [0.2, 0.25) is 5.91 Å². The summed E-state index contributed by atoms with van der Waals surface area (Å²) in [5.41, 5.74) is 9.42. The zero-order valence-electron chi connectivity index (χ0n) is 18.1. The van der Waals surface area contributed by atoms with Crippen LogP contribution in [0.25, 0.3) is 0 Å². The van der Waals surface area contributed by atoms with Crippen molar-refractivity contribution in [1.29, 1.82) is 0 Å². The quantitative estimate of drug-likeness (QED) is 0.290. The Labute approximate surface area is 188 Å². The highest BCUT2D eigenvalue weighted by molar-refractivity contribution is 6.45. The van der Waals surface area contributed by atoms with E-state index in [0.29, 0.717) is 36.3 Å². The summed E-state index contributed by atoms with van der Waals surface area (Å²) >= 11 is 0. The van der Waals surface area contributed by atoms with Crippen molar-refractivity contribution in [2.24, 2.45) is 9.98 Å². The lowest BCUT2D eigenvalue weighted by atomic mass is 10.0. The fraction of sp³-hybridized carbons (Fsp3) is 0.192. The Morgan fingerprint density at radius 3 is 2.19 bits per heavy atom. The average molecular weight is 429 g/mol. The number of nitrogens with zero attached hydrogens (tertiary/aromatic N) is 2. The summed E-state index contributed by atoms with van der Waals surface area (Å²) in [6, 6.07) is 26.4. The smallest absolute Gasteiger partial charge is 0.225 e. The van der Waals surface area contributed by atoms with Gasteiger partial charge < -0.3 is 16.2 Å². The number of amidine groups is 1.